The molecule has 0 spiro atoms. The summed E-state index contributed by atoms with van der Waals surface area (Å²) in [6.45, 7) is 1.70. The lowest BCUT2D eigenvalue weighted by atomic mass is 10.2. The number of aromatic nitrogens is 1. The van der Waals surface area contributed by atoms with Gasteiger partial charge in [0, 0.05) is 35.4 Å². The summed E-state index contributed by atoms with van der Waals surface area (Å²) in [5.41, 5.74) is 0.400. The summed E-state index contributed by atoms with van der Waals surface area (Å²) in [6.07, 6.45) is 3.68. The number of benzene rings is 2. The van der Waals surface area contributed by atoms with Crippen LogP contribution in [0, 0.1) is 5.82 Å². The highest BCUT2D eigenvalue weighted by molar-refractivity contribution is 7.89. The normalized spacial score (nSPS) is 11.7. The van der Waals surface area contributed by atoms with Gasteiger partial charge in [-0.25, -0.2) is 12.8 Å². The third kappa shape index (κ3) is 4.35. The second kappa shape index (κ2) is 8.45. The predicted octanol–water partition coefficient (Wildman–Crippen LogP) is 3.41. The van der Waals surface area contributed by atoms with Gasteiger partial charge in [-0.1, -0.05) is 19.1 Å². The third-order valence-corrected chi connectivity index (χ3v) is 6.08. The SMILES string of the molecule is CCCN(CC(=O)Nc1ccc(F)cc1)S(=O)(=O)c1cccc2cnccc12. The molecule has 1 aromatic heterocycles. The van der Waals surface area contributed by atoms with Crippen molar-refractivity contribution in [3.63, 3.8) is 0 Å². The van der Waals surface area contributed by atoms with E-state index in [1.165, 1.54) is 36.5 Å². The Morgan fingerprint density at radius 2 is 1.89 bits per heavy atom. The number of carbonyl (C=O) groups is 1. The van der Waals surface area contributed by atoms with E-state index in [4.69, 9.17) is 0 Å². The Kier molecular flexibility index (Phi) is 6.01. The maximum absolute atomic E-state index is 13.2. The smallest absolute Gasteiger partial charge is 0.244 e. The predicted molar refractivity (Wildman–Crippen MR) is 106 cm³/mol. The van der Waals surface area contributed by atoms with Crippen LogP contribution in [0.5, 0.6) is 0 Å². The quantitative estimate of drug-likeness (QED) is 0.658. The van der Waals surface area contributed by atoms with E-state index in [0.29, 0.717) is 22.9 Å². The Labute approximate surface area is 163 Å². The number of pyridine rings is 1. The van der Waals surface area contributed by atoms with Crippen LogP contribution in [0.15, 0.2) is 65.8 Å². The molecule has 1 amide bonds. The molecule has 0 aliphatic heterocycles. The Bertz CT molecular complexity index is 1080. The number of anilines is 1. The van der Waals surface area contributed by atoms with Gasteiger partial charge in [-0.15, -0.1) is 0 Å². The van der Waals surface area contributed by atoms with Gasteiger partial charge in [0.2, 0.25) is 15.9 Å². The van der Waals surface area contributed by atoms with E-state index in [-0.39, 0.29) is 18.0 Å². The molecule has 0 aliphatic carbocycles. The first kappa shape index (κ1) is 19.9. The van der Waals surface area contributed by atoms with Crippen LogP contribution in [0.25, 0.3) is 10.8 Å². The molecule has 28 heavy (non-hydrogen) atoms. The van der Waals surface area contributed by atoms with Crippen LogP contribution in [0.3, 0.4) is 0 Å². The molecule has 0 fully saturated rings. The Morgan fingerprint density at radius 3 is 2.61 bits per heavy atom. The molecule has 3 rings (SSSR count). The first-order chi connectivity index (χ1) is 13.4. The summed E-state index contributed by atoms with van der Waals surface area (Å²) in [7, 11) is -3.90. The van der Waals surface area contributed by atoms with E-state index in [1.54, 1.807) is 24.4 Å². The molecule has 1 N–H and O–H groups in total. The molecule has 0 radical (unpaired) electrons. The number of sulfonamides is 1. The third-order valence-electron chi connectivity index (χ3n) is 4.18. The molecule has 2 aromatic carbocycles. The number of halogens is 1. The fourth-order valence-corrected chi connectivity index (χ4v) is 4.59. The second-order valence-electron chi connectivity index (χ2n) is 6.25. The number of carbonyl (C=O) groups excluding carboxylic acids is 1. The minimum absolute atomic E-state index is 0.135. The van der Waals surface area contributed by atoms with E-state index >= 15 is 0 Å². The van der Waals surface area contributed by atoms with Crippen LogP contribution in [0.1, 0.15) is 13.3 Å². The van der Waals surface area contributed by atoms with Crippen molar-refractivity contribution in [1.82, 2.24) is 9.29 Å². The Hall–Kier alpha value is -2.84. The average molecular weight is 401 g/mol. The molecule has 0 atom stereocenters. The van der Waals surface area contributed by atoms with E-state index in [0.717, 1.165) is 4.31 Å². The van der Waals surface area contributed by atoms with Gasteiger partial charge in [0.15, 0.2) is 0 Å². The monoisotopic (exact) mass is 401 g/mol. The fraction of sp³-hybridized carbons (Fsp3) is 0.200. The summed E-state index contributed by atoms with van der Waals surface area (Å²) >= 11 is 0. The molecule has 1 heterocycles. The number of fused-ring (bicyclic) bond motifs is 1. The molecule has 0 saturated carbocycles. The highest BCUT2D eigenvalue weighted by Gasteiger charge is 2.27. The minimum atomic E-state index is -3.90. The van der Waals surface area contributed by atoms with Gasteiger partial charge < -0.3 is 5.32 Å². The fourth-order valence-electron chi connectivity index (χ4n) is 2.88. The highest BCUT2D eigenvalue weighted by Crippen LogP contribution is 2.25. The minimum Gasteiger partial charge on any atom is -0.325 e. The average Bonchev–Trinajstić information content (AvgIpc) is 2.69. The van der Waals surface area contributed by atoms with Crippen molar-refractivity contribution in [2.24, 2.45) is 0 Å². The number of nitrogens with one attached hydrogen (secondary N) is 1. The van der Waals surface area contributed by atoms with Gasteiger partial charge in [0.25, 0.3) is 0 Å². The van der Waals surface area contributed by atoms with Gasteiger partial charge in [-0.05, 0) is 42.8 Å². The number of rotatable bonds is 7. The highest BCUT2D eigenvalue weighted by atomic mass is 32.2. The maximum Gasteiger partial charge on any atom is 0.244 e. The molecule has 6 nitrogen and oxygen atoms in total. The zero-order valence-corrected chi connectivity index (χ0v) is 16.1. The van der Waals surface area contributed by atoms with Crippen molar-refractivity contribution in [2.75, 3.05) is 18.4 Å². The van der Waals surface area contributed by atoms with E-state index in [1.807, 2.05) is 6.92 Å². The van der Waals surface area contributed by atoms with Crippen molar-refractivity contribution in [3.8, 4) is 0 Å². The molecule has 0 unspecified atom stereocenters. The molecular formula is C20H20FN3O3S. The van der Waals surface area contributed by atoms with Crippen LogP contribution in [0.4, 0.5) is 10.1 Å². The molecule has 3 aromatic rings. The number of nitrogens with zero attached hydrogens (tertiary/aromatic N) is 2. The zero-order chi connectivity index (χ0) is 20.1. The first-order valence-corrected chi connectivity index (χ1v) is 10.2. The van der Waals surface area contributed by atoms with E-state index in [2.05, 4.69) is 10.3 Å². The lowest BCUT2D eigenvalue weighted by Gasteiger charge is -2.22. The van der Waals surface area contributed by atoms with Crippen molar-refractivity contribution in [1.29, 1.82) is 0 Å². The molecule has 0 bridgehead atoms. The van der Waals surface area contributed by atoms with Gasteiger partial charge in [-0.3, -0.25) is 9.78 Å². The van der Waals surface area contributed by atoms with E-state index in [9.17, 15) is 17.6 Å². The van der Waals surface area contributed by atoms with Crippen molar-refractivity contribution < 1.29 is 17.6 Å². The lowest BCUT2D eigenvalue weighted by Crippen LogP contribution is -2.38. The Morgan fingerprint density at radius 1 is 1.14 bits per heavy atom. The molecule has 8 heteroatoms. The van der Waals surface area contributed by atoms with E-state index < -0.39 is 21.7 Å². The van der Waals surface area contributed by atoms with Crippen molar-refractivity contribution >= 4 is 32.4 Å². The van der Waals surface area contributed by atoms with Crippen LogP contribution in [0.2, 0.25) is 0 Å². The molecule has 146 valence electrons. The summed E-state index contributed by atoms with van der Waals surface area (Å²) in [5.74, 6) is -0.913. The van der Waals surface area contributed by atoms with Gasteiger partial charge in [0.1, 0.15) is 5.82 Å². The first-order valence-electron chi connectivity index (χ1n) is 8.80. The van der Waals surface area contributed by atoms with Crippen molar-refractivity contribution in [3.05, 3.63) is 66.7 Å². The maximum atomic E-state index is 13.2. The van der Waals surface area contributed by atoms with Gasteiger partial charge >= 0.3 is 0 Å². The number of amides is 1. The number of hydrogen-bond donors (Lipinski definition) is 1. The summed E-state index contributed by atoms with van der Waals surface area (Å²) in [6, 6.07) is 11.9. The summed E-state index contributed by atoms with van der Waals surface area (Å²) in [4.78, 5) is 16.6. The van der Waals surface area contributed by atoms with Crippen LogP contribution in [-0.4, -0.2) is 36.7 Å². The molecule has 0 saturated heterocycles. The standard InChI is InChI=1S/C20H20FN3O3S/c1-2-12-24(14-20(25)23-17-8-6-16(21)7-9-17)28(26,27)19-5-3-4-15-13-22-11-10-18(15)19/h3-11,13H,2,12,14H2,1H3,(H,23,25). The molecule has 0 aliphatic rings. The lowest BCUT2D eigenvalue weighted by molar-refractivity contribution is -0.116. The topological polar surface area (TPSA) is 79.4 Å². The van der Waals surface area contributed by atoms with Gasteiger partial charge in [-0.2, -0.15) is 4.31 Å². The summed E-state index contributed by atoms with van der Waals surface area (Å²) in [5, 5.41) is 3.85. The largest absolute Gasteiger partial charge is 0.325 e. The van der Waals surface area contributed by atoms with Crippen LogP contribution < -0.4 is 5.32 Å². The number of hydrogen-bond acceptors (Lipinski definition) is 4. The van der Waals surface area contributed by atoms with Crippen LogP contribution in [-0.2, 0) is 14.8 Å². The molecular weight excluding hydrogens is 381 g/mol. The van der Waals surface area contributed by atoms with Crippen LogP contribution >= 0.6 is 0 Å². The zero-order valence-electron chi connectivity index (χ0n) is 15.3. The Balaban J connectivity index is 1.87. The summed E-state index contributed by atoms with van der Waals surface area (Å²) < 4.78 is 40.6. The van der Waals surface area contributed by atoms with Crippen molar-refractivity contribution in [2.45, 2.75) is 18.2 Å². The van der Waals surface area contributed by atoms with Gasteiger partial charge in [0.05, 0.1) is 11.4 Å². The second-order valence-corrected chi connectivity index (χ2v) is 8.15.